The summed E-state index contributed by atoms with van der Waals surface area (Å²) >= 11 is 0. The number of hydrogen-bond acceptors (Lipinski definition) is 3. The Morgan fingerprint density at radius 2 is 2.05 bits per heavy atom. The Morgan fingerprint density at radius 1 is 1.38 bits per heavy atom. The summed E-state index contributed by atoms with van der Waals surface area (Å²) in [6, 6.07) is 0.0170. The molecule has 1 aromatic heterocycles. The van der Waals surface area contributed by atoms with Gasteiger partial charge in [0.2, 0.25) is 0 Å². The zero-order chi connectivity index (χ0) is 16.0. The first-order valence-electron chi connectivity index (χ1n) is 7.41. The van der Waals surface area contributed by atoms with E-state index in [4.69, 9.17) is 5.11 Å². The fourth-order valence-electron chi connectivity index (χ4n) is 2.21. The SMILES string of the molecule is CCc1nn(C)cc1C(=O)NC(C)CCCC(C)C(=O)O. The van der Waals surface area contributed by atoms with E-state index >= 15 is 0 Å². The number of carbonyl (C=O) groups excluding carboxylic acids is 1. The third kappa shape index (κ3) is 5.21. The molecule has 1 aromatic rings. The number of aryl methyl sites for hydroxylation is 2. The van der Waals surface area contributed by atoms with Crippen LogP contribution in [0, 0.1) is 5.92 Å². The topological polar surface area (TPSA) is 84.2 Å². The highest BCUT2D eigenvalue weighted by Gasteiger charge is 2.17. The molecule has 2 N–H and O–H groups in total. The second-order valence-corrected chi connectivity index (χ2v) is 5.56. The van der Waals surface area contributed by atoms with Gasteiger partial charge >= 0.3 is 5.97 Å². The molecule has 0 aliphatic heterocycles. The van der Waals surface area contributed by atoms with Gasteiger partial charge in [0.15, 0.2) is 0 Å². The molecule has 0 fully saturated rings. The summed E-state index contributed by atoms with van der Waals surface area (Å²) in [7, 11) is 1.80. The first-order valence-corrected chi connectivity index (χ1v) is 7.41. The molecule has 6 heteroatoms. The maximum Gasteiger partial charge on any atom is 0.306 e. The molecule has 21 heavy (non-hydrogen) atoms. The van der Waals surface area contributed by atoms with Crippen LogP contribution in [0.4, 0.5) is 0 Å². The molecule has 0 aliphatic rings. The van der Waals surface area contributed by atoms with Crippen LogP contribution < -0.4 is 5.32 Å². The molecule has 0 saturated heterocycles. The van der Waals surface area contributed by atoms with Crippen LogP contribution in [-0.4, -0.2) is 32.8 Å². The van der Waals surface area contributed by atoms with Crippen molar-refractivity contribution in [3.8, 4) is 0 Å². The van der Waals surface area contributed by atoms with E-state index in [2.05, 4.69) is 10.4 Å². The highest BCUT2D eigenvalue weighted by atomic mass is 16.4. The normalized spacial score (nSPS) is 13.7. The molecule has 6 nitrogen and oxygen atoms in total. The lowest BCUT2D eigenvalue weighted by Gasteiger charge is -2.14. The number of aliphatic carboxylic acids is 1. The predicted octanol–water partition coefficient (Wildman–Crippen LogP) is 1.99. The summed E-state index contributed by atoms with van der Waals surface area (Å²) in [5, 5.41) is 16.0. The van der Waals surface area contributed by atoms with Crippen molar-refractivity contribution in [2.75, 3.05) is 0 Å². The van der Waals surface area contributed by atoms with Crippen LogP contribution in [-0.2, 0) is 18.3 Å². The Hall–Kier alpha value is -1.85. The number of carbonyl (C=O) groups is 2. The summed E-state index contributed by atoms with van der Waals surface area (Å²) in [4.78, 5) is 22.9. The second-order valence-electron chi connectivity index (χ2n) is 5.56. The van der Waals surface area contributed by atoms with Crippen molar-refractivity contribution in [3.63, 3.8) is 0 Å². The second kappa shape index (κ2) is 7.81. The lowest BCUT2D eigenvalue weighted by molar-refractivity contribution is -0.141. The van der Waals surface area contributed by atoms with Crippen LogP contribution in [0.1, 0.15) is 56.1 Å². The van der Waals surface area contributed by atoms with Crippen LogP contribution >= 0.6 is 0 Å². The lowest BCUT2D eigenvalue weighted by atomic mass is 10.0. The number of rotatable bonds is 8. The van der Waals surface area contributed by atoms with E-state index in [9.17, 15) is 9.59 Å². The highest BCUT2D eigenvalue weighted by molar-refractivity contribution is 5.95. The Kier molecular flexibility index (Phi) is 6.39. The van der Waals surface area contributed by atoms with Gasteiger partial charge in [0.1, 0.15) is 0 Å². The third-order valence-corrected chi connectivity index (χ3v) is 3.56. The average molecular weight is 295 g/mol. The van der Waals surface area contributed by atoms with Gasteiger partial charge in [0, 0.05) is 19.3 Å². The molecule has 118 valence electrons. The molecule has 2 unspecified atom stereocenters. The fraction of sp³-hybridized carbons (Fsp3) is 0.667. The molecular formula is C15H25N3O3. The summed E-state index contributed by atoms with van der Waals surface area (Å²) < 4.78 is 1.65. The van der Waals surface area contributed by atoms with Crippen LogP contribution in [0.25, 0.3) is 0 Å². The summed E-state index contributed by atoms with van der Waals surface area (Å²) in [6.07, 6.45) is 4.62. The Morgan fingerprint density at radius 3 is 2.62 bits per heavy atom. The Balaban J connectivity index is 2.45. The quantitative estimate of drug-likeness (QED) is 0.768. The van der Waals surface area contributed by atoms with Gasteiger partial charge in [-0.3, -0.25) is 14.3 Å². The van der Waals surface area contributed by atoms with Crippen molar-refractivity contribution in [2.45, 2.75) is 52.5 Å². The van der Waals surface area contributed by atoms with E-state index in [1.807, 2.05) is 13.8 Å². The third-order valence-electron chi connectivity index (χ3n) is 3.56. The standard InChI is InChI=1S/C15H25N3O3/c1-5-13-12(9-18(4)17-13)14(19)16-11(3)8-6-7-10(2)15(20)21/h9-11H,5-8H2,1-4H3,(H,16,19)(H,20,21). The molecule has 0 aliphatic carbocycles. The van der Waals surface area contributed by atoms with Crippen molar-refractivity contribution in [1.82, 2.24) is 15.1 Å². The number of nitrogens with zero attached hydrogens (tertiary/aromatic N) is 2. The molecular weight excluding hydrogens is 270 g/mol. The fourth-order valence-corrected chi connectivity index (χ4v) is 2.21. The lowest BCUT2D eigenvalue weighted by Crippen LogP contribution is -2.33. The molecule has 0 bridgehead atoms. The molecule has 0 saturated carbocycles. The van der Waals surface area contributed by atoms with Crippen LogP contribution in [0.15, 0.2) is 6.20 Å². The van der Waals surface area contributed by atoms with Crippen molar-refractivity contribution in [3.05, 3.63) is 17.5 Å². The van der Waals surface area contributed by atoms with Gasteiger partial charge in [-0.25, -0.2) is 0 Å². The van der Waals surface area contributed by atoms with Gasteiger partial charge in [-0.1, -0.05) is 20.3 Å². The van der Waals surface area contributed by atoms with Crippen LogP contribution in [0.5, 0.6) is 0 Å². The summed E-state index contributed by atoms with van der Waals surface area (Å²) in [5.74, 6) is -1.22. The number of carboxylic acid groups (broad SMARTS) is 1. The van der Waals surface area contributed by atoms with Crippen molar-refractivity contribution >= 4 is 11.9 Å². The molecule has 0 aromatic carbocycles. The zero-order valence-corrected chi connectivity index (χ0v) is 13.2. The van der Waals surface area contributed by atoms with Crippen molar-refractivity contribution in [2.24, 2.45) is 13.0 Å². The van der Waals surface area contributed by atoms with Crippen molar-refractivity contribution in [1.29, 1.82) is 0 Å². The van der Waals surface area contributed by atoms with Gasteiger partial charge < -0.3 is 10.4 Å². The van der Waals surface area contributed by atoms with E-state index in [-0.39, 0.29) is 17.9 Å². The number of amides is 1. The van der Waals surface area contributed by atoms with Gasteiger partial charge in [-0.05, 0) is 26.2 Å². The molecule has 0 spiro atoms. The van der Waals surface area contributed by atoms with E-state index in [1.54, 1.807) is 24.9 Å². The van der Waals surface area contributed by atoms with E-state index in [0.717, 1.165) is 18.5 Å². The first-order chi connectivity index (χ1) is 9.85. The number of nitrogens with one attached hydrogen (secondary N) is 1. The van der Waals surface area contributed by atoms with E-state index in [1.165, 1.54) is 0 Å². The summed E-state index contributed by atoms with van der Waals surface area (Å²) in [5.41, 5.74) is 1.41. The monoisotopic (exact) mass is 295 g/mol. The first kappa shape index (κ1) is 17.2. The van der Waals surface area contributed by atoms with Crippen molar-refractivity contribution < 1.29 is 14.7 Å². The van der Waals surface area contributed by atoms with Crippen LogP contribution in [0.2, 0.25) is 0 Å². The highest BCUT2D eigenvalue weighted by Crippen LogP contribution is 2.11. The molecule has 1 heterocycles. The van der Waals surface area contributed by atoms with E-state index in [0.29, 0.717) is 18.4 Å². The van der Waals surface area contributed by atoms with Gasteiger partial charge in [0.05, 0.1) is 17.2 Å². The van der Waals surface area contributed by atoms with Gasteiger partial charge in [-0.2, -0.15) is 5.10 Å². The largest absolute Gasteiger partial charge is 0.481 e. The summed E-state index contributed by atoms with van der Waals surface area (Å²) in [6.45, 7) is 5.61. The molecule has 0 radical (unpaired) electrons. The van der Waals surface area contributed by atoms with Gasteiger partial charge in [0.25, 0.3) is 5.91 Å². The predicted molar refractivity (Wildman–Crippen MR) is 80.2 cm³/mol. The minimum absolute atomic E-state index is 0.0170. The Labute approximate surface area is 125 Å². The van der Waals surface area contributed by atoms with Crippen LogP contribution in [0.3, 0.4) is 0 Å². The average Bonchev–Trinajstić information content (AvgIpc) is 2.79. The minimum atomic E-state index is -0.769. The smallest absolute Gasteiger partial charge is 0.306 e. The minimum Gasteiger partial charge on any atom is -0.481 e. The van der Waals surface area contributed by atoms with E-state index < -0.39 is 5.97 Å². The number of aromatic nitrogens is 2. The number of carboxylic acids is 1. The van der Waals surface area contributed by atoms with Gasteiger partial charge in [-0.15, -0.1) is 0 Å². The molecule has 1 amide bonds. The Bertz CT molecular complexity index is 496. The maximum atomic E-state index is 12.2. The zero-order valence-electron chi connectivity index (χ0n) is 13.2. The molecule has 1 rings (SSSR count). The maximum absolute atomic E-state index is 12.2. The molecule has 2 atom stereocenters. The number of hydrogen-bond donors (Lipinski definition) is 2.